The van der Waals surface area contributed by atoms with Gasteiger partial charge in [0, 0.05) is 24.3 Å². The van der Waals surface area contributed by atoms with Crippen molar-refractivity contribution in [2.45, 2.75) is 17.1 Å². The van der Waals surface area contributed by atoms with Crippen LogP contribution in [0.2, 0.25) is 0 Å². The summed E-state index contributed by atoms with van der Waals surface area (Å²) in [5.41, 5.74) is 0.986. The fourth-order valence-electron chi connectivity index (χ4n) is 3.52. The van der Waals surface area contributed by atoms with Gasteiger partial charge in [0.25, 0.3) is 15.9 Å². The summed E-state index contributed by atoms with van der Waals surface area (Å²) in [6, 6.07) is 19.6. The number of nitrogens with zero attached hydrogens (tertiary/aromatic N) is 1. The number of ether oxygens (including phenoxy) is 1. The molecular formula is C23H24N2O4S2. The topological polar surface area (TPSA) is 75.7 Å². The zero-order valence-electron chi connectivity index (χ0n) is 16.9. The largest absolute Gasteiger partial charge is 0.493 e. The van der Waals surface area contributed by atoms with Crippen molar-refractivity contribution >= 4 is 33.0 Å². The highest BCUT2D eigenvalue weighted by atomic mass is 32.2. The molecule has 0 atom stereocenters. The monoisotopic (exact) mass is 456 g/mol. The molecule has 2 aromatic carbocycles. The Morgan fingerprint density at radius 1 is 1.00 bits per heavy atom. The highest BCUT2D eigenvalue weighted by molar-refractivity contribution is 7.94. The van der Waals surface area contributed by atoms with Gasteiger partial charge in [0.2, 0.25) is 0 Å². The van der Waals surface area contributed by atoms with Crippen LogP contribution in [0.4, 0.5) is 5.69 Å². The maximum absolute atomic E-state index is 12.8. The van der Waals surface area contributed by atoms with Gasteiger partial charge in [-0.05, 0) is 66.6 Å². The smallest absolute Gasteiger partial charge is 0.271 e. The van der Waals surface area contributed by atoms with Gasteiger partial charge >= 0.3 is 0 Å². The molecule has 0 bridgehead atoms. The summed E-state index contributed by atoms with van der Waals surface area (Å²) in [6.45, 7) is 2.04. The van der Waals surface area contributed by atoms with E-state index in [2.05, 4.69) is 4.72 Å². The number of sulfonamides is 1. The summed E-state index contributed by atoms with van der Waals surface area (Å²) < 4.78 is 33.3. The molecule has 1 saturated heterocycles. The van der Waals surface area contributed by atoms with Crippen LogP contribution < -0.4 is 9.46 Å². The number of likely N-dealkylation sites (tertiary alicyclic amines) is 1. The molecule has 2 heterocycles. The number of nitrogens with one attached hydrogen (secondary N) is 1. The van der Waals surface area contributed by atoms with Gasteiger partial charge in [-0.1, -0.05) is 24.3 Å². The SMILES string of the molecule is O=C(c1ccc(NS(=O)(=O)c2cccs2)cc1)N1CCC(COc2ccccc2)CC1. The fraction of sp³-hybridized carbons (Fsp3) is 0.261. The number of anilines is 1. The average Bonchev–Trinajstić information content (AvgIpc) is 3.35. The molecule has 1 aliphatic rings. The Kier molecular flexibility index (Phi) is 6.58. The molecule has 1 N–H and O–H groups in total. The molecular weight excluding hydrogens is 432 g/mol. The third kappa shape index (κ3) is 5.45. The highest BCUT2D eigenvalue weighted by Crippen LogP contribution is 2.23. The summed E-state index contributed by atoms with van der Waals surface area (Å²) in [7, 11) is -3.59. The lowest BCUT2D eigenvalue weighted by Gasteiger charge is -2.32. The van der Waals surface area contributed by atoms with Crippen molar-refractivity contribution in [2.75, 3.05) is 24.4 Å². The van der Waals surface area contributed by atoms with Crippen LogP contribution in [0.25, 0.3) is 0 Å². The zero-order chi connectivity index (χ0) is 21.7. The van der Waals surface area contributed by atoms with E-state index in [0.717, 1.165) is 29.9 Å². The first-order valence-corrected chi connectivity index (χ1v) is 12.5. The summed E-state index contributed by atoms with van der Waals surface area (Å²) in [6.07, 6.45) is 1.80. The number of hydrogen-bond donors (Lipinski definition) is 1. The maximum Gasteiger partial charge on any atom is 0.271 e. The molecule has 1 aliphatic heterocycles. The van der Waals surface area contributed by atoms with Crippen LogP contribution in [0.5, 0.6) is 5.75 Å². The van der Waals surface area contributed by atoms with Crippen LogP contribution in [0.3, 0.4) is 0 Å². The van der Waals surface area contributed by atoms with E-state index in [0.29, 0.717) is 36.9 Å². The second-order valence-corrected chi connectivity index (χ2v) is 10.3. The highest BCUT2D eigenvalue weighted by Gasteiger charge is 2.24. The van der Waals surface area contributed by atoms with Crippen molar-refractivity contribution < 1.29 is 17.9 Å². The molecule has 162 valence electrons. The average molecular weight is 457 g/mol. The number of para-hydroxylation sites is 1. The molecule has 3 aromatic rings. The van der Waals surface area contributed by atoms with Crippen molar-refractivity contribution in [1.82, 2.24) is 4.90 Å². The summed E-state index contributed by atoms with van der Waals surface area (Å²) >= 11 is 1.16. The Morgan fingerprint density at radius 2 is 1.71 bits per heavy atom. The van der Waals surface area contributed by atoms with Crippen molar-refractivity contribution in [3.05, 3.63) is 77.7 Å². The quantitative estimate of drug-likeness (QED) is 0.569. The third-order valence-electron chi connectivity index (χ3n) is 5.27. The Balaban J connectivity index is 1.29. The molecule has 0 unspecified atom stereocenters. The summed E-state index contributed by atoms with van der Waals surface area (Å²) in [5.74, 6) is 1.27. The Morgan fingerprint density at radius 3 is 2.35 bits per heavy atom. The van der Waals surface area contributed by atoms with E-state index >= 15 is 0 Å². The summed E-state index contributed by atoms with van der Waals surface area (Å²) in [4.78, 5) is 14.7. The van der Waals surface area contributed by atoms with E-state index in [9.17, 15) is 13.2 Å². The number of carbonyl (C=O) groups is 1. The van der Waals surface area contributed by atoms with E-state index in [-0.39, 0.29) is 10.1 Å². The lowest BCUT2D eigenvalue weighted by Crippen LogP contribution is -2.39. The number of thiophene rings is 1. The predicted octanol–water partition coefficient (Wildman–Crippen LogP) is 4.48. The van der Waals surface area contributed by atoms with E-state index in [1.54, 1.807) is 41.8 Å². The van der Waals surface area contributed by atoms with Crippen molar-refractivity contribution in [1.29, 1.82) is 0 Å². The normalized spacial score (nSPS) is 14.9. The lowest BCUT2D eigenvalue weighted by molar-refractivity contribution is 0.0661. The van der Waals surface area contributed by atoms with Gasteiger partial charge in [0.1, 0.15) is 9.96 Å². The first kappa shape index (κ1) is 21.4. The van der Waals surface area contributed by atoms with E-state index in [4.69, 9.17) is 4.74 Å². The van der Waals surface area contributed by atoms with Gasteiger partial charge in [-0.15, -0.1) is 11.3 Å². The van der Waals surface area contributed by atoms with Crippen LogP contribution in [0.15, 0.2) is 76.3 Å². The minimum Gasteiger partial charge on any atom is -0.493 e. The molecule has 0 spiro atoms. The van der Waals surface area contributed by atoms with Gasteiger partial charge in [-0.3, -0.25) is 9.52 Å². The minimum atomic E-state index is -3.59. The molecule has 4 rings (SSSR count). The molecule has 0 saturated carbocycles. The van der Waals surface area contributed by atoms with Crippen LogP contribution in [0.1, 0.15) is 23.2 Å². The Labute approximate surface area is 186 Å². The lowest BCUT2D eigenvalue weighted by atomic mass is 9.97. The van der Waals surface area contributed by atoms with Gasteiger partial charge in [-0.2, -0.15) is 0 Å². The fourth-order valence-corrected chi connectivity index (χ4v) is 5.57. The predicted molar refractivity (Wildman–Crippen MR) is 122 cm³/mol. The summed E-state index contributed by atoms with van der Waals surface area (Å²) in [5, 5.41) is 1.72. The van der Waals surface area contributed by atoms with Crippen LogP contribution >= 0.6 is 11.3 Å². The molecule has 0 aliphatic carbocycles. The van der Waals surface area contributed by atoms with Gasteiger partial charge < -0.3 is 9.64 Å². The van der Waals surface area contributed by atoms with E-state index in [1.807, 2.05) is 35.2 Å². The Bertz CT molecular complexity index is 1090. The number of piperidine rings is 1. The van der Waals surface area contributed by atoms with Crippen LogP contribution in [-0.4, -0.2) is 38.9 Å². The maximum atomic E-state index is 12.8. The second-order valence-electron chi connectivity index (χ2n) is 7.47. The van der Waals surface area contributed by atoms with Crippen molar-refractivity contribution in [3.8, 4) is 5.75 Å². The first-order valence-electron chi connectivity index (χ1n) is 10.1. The van der Waals surface area contributed by atoms with Gasteiger partial charge in [-0.25, -0.2) is 8.42 Å². The van der Waals surface area contributed by atoms with Crippen molar-refractivity contribution in [3.63, 3.8) is 0 Å². The first-order chi connectivity index (χ1) is 15.0. The Hall–Kier alpha value is -2.84. The van der Waals surface area contributed by atoms with E-state index < -0.39 is 10.0 Å². The van der Waals surface area contributed by atoms with Gasteiger partial charge in [0.05, 0.1) is 6.61 Å². The molecule has 31 heavy (non-hydrogen) atoms. The second kappa shape index (κ2) is 9.53. The molecule has 1 amide bonds. The molecule has 1 fully saturated rings. The van der Waals surface area contributed by atoms with Gasteiger partial charge in [0.15, 0.2) is 0 Å². The number of carbonyl (C=O) groups excluding carboxylic acids is 1. The number of amides is 1. The molecule has 1 aromatic heterocycles. The third-order valence-corrected chi connectivity index (χ3v) is 8.05. The van der Waals surface area contributed by atoms with Crippen molar-refractivity contribution in [2.24, 2.45) is 5.92 Å². The molecule has 8 heteroatoms. The minimum absolute atomic E-state index is 0.0323. The molecule has 6 nitrogen and oxygen atoms in total. The molecule has 0 radical (unpaired) electrons. The zero-order valence-corrected chi connectivity index (χ0v) is 18.6. The van der Waals surface area contributed by atoms with Crippen LogP contribution in [0, 0.1) is 5.92 Å². The number of rotatable bonds is 7. The standard InChI is InChI=1S/C23H24N2O4S2/c26-23(25-14-12-18(13-15-25)17-29-21-5-2-1-3-6-21)19-8-10-20(11-9-19)24-31(27,28)22-7-4-16-30-22/h1-11,16,18,24H,12-15,17H2. The van der Waals surface area contributed by atoms with E-state index in [1.165, 1.54) is 0 Å². The van der Waals surface area contributed by atoms with Crippen LogP contribution in [-0.2, 0) is 10.0 Å². The number of benzene rings is 2. The number of hydrogen-bond acceptors (Lipinski definition) is 5.